The van der Waals surface area contributed by atoms with E-state index in [4.69, 9.17) is 0 Å². The van der Waals surface area contributed by atoms with E-state index in [1.54, 1.807) is 0 Å². The Kier molecular flexibility index (Phi) is 2.71. The molecule has 40 valence electrons. The van der Waals surface area contributed by atoms with Gasteiger partial charge in [-0.3, -0.25) is 0 Å². The Bertz CT molecular complexity index is 72.7. The van der Waals surface area contributed by atoms with Crippen molar-refractivity contribution in [3.05, 3.63) is 10.2 Å². The van der Waals surface area contributed by atoms with Gasteiger partial charge < -0.3 is 0 Å². The third-order valence-electron chi connectivity index (χ3n) is 0.285. The van der Waals surface area contributed by atoms with Gasteiger partial charge in [-0.15, -0.1) is 0 Å². The Morgan fingerprint density at radius 2 is 1.71 bits per heavy atom. The van der Waals surface area contributed by atoms with Gasteiger partial charge in [0.15, 0.2) is 0 Å². The standard InChI is InChI=1S/C3H2F3.Sn.H/c1-2-3(4,5)6;;/h1-2H;;. The molecule has 0 rings (SSSR count). The van der Waals surface area contributed by atoms with Gasteiger partial charge in [0.25, 0.3) is 0 Å². The Morgan fingerprint density at radius 3 is 1.71 bits per heavy atom. The van der Waals surface area contributed by atoms with E-state index in [9.17, 15) is 13.2 Å². The van der Waals surface area contributed by atoms with Crippen molar-refractivity contribution in [3.8, 4) is 0 Å². The van der Waals surface area contributed by atoms with Gasteiger partial charge in [-0.2, -0.15) is 0 Å². The summed E-state index contributed by atoms with van der Waals surface area (Å²) in [6.45, 7) is 0. The van der Waals surface area contributed by atoms with Crippen molar-refractivity contribution in [2.24, 2.45) is 0 Å². The van der Waals surface area contributed by atoms with E-state index in [2.05, 4.69) is 0 Å². The molecule has 7 heavy (non-hydrogen) atoms. The molecule has 0 spiro atoms. The Morgan fingerprint density at radius 1 is 1.29 bits per heavy atom. The van der Waals surface area contributed by atoms with Gasteiger partial charge in [0.05, 0.1) is 0 Å². The van der Waals surface area contributed by atoms with Crippen molar-refractivity contribution in [1.82, 2.24) is 0 Å². The molecule has 0 aliphatic rings. The zero-order valence-electron chi connectivity index (χ0n) is 3.37. The molecule has 0 aromatic rings. The zero-order chi connectivity index (χ0) is 5.91. The molecule has 0 atom stereocenters. The van der Waals surface area contributed by atoms with Crippen LogP contribution in [0.15, 0.2) is 10.2 Å². The quantitative estimate of drug-likeness (QED) is 0.527. The second-order valence-electron chi connectivity index (χ2n) is 0.901. The number of rotatable bonds is 0. The molecule has 0 saturated carbocycles. The molecule has 0 N–H and O–H groups in total. The summed E-state index contributed by atoms with van der Waals surface area (Å²) in [4.78, 5) is 0. The minimum atomic E-state index is -4.10. The van der Waals surface area contributed by atoms with Crippen LogP contribution in [0.3, 0.4) is 0 Å². The first-order valence-electron chi connectivity index (χ1n) is 1.52. The maximum atomic E-state index is 11.0. The molecule has 0 fully saturated rings. The van der Waals surface area contributed by atoms with Crippen LogP contribution in [-0.4, -0.2) is 28.7 Å². The monoisotopic (exact) mass is 216 g/mol. The van der Waals surface area contributed by atoms with Crippen molar-refractivity contribution >= 4 is 22.5 Å². The van der Waals surface area contributed by atoms with Crippen LogP contribution in [0.2, 0.25) is 0 Å². The molecule has 0 heterocycles. The molecular weight excluding hydrogens is 212 g/mol. The first-order valence-corrected chi connectivity index (χ1v) is 3.43. The Hall–Kier alpha value is 0.329. The summed E-state index contributed by atoms with van der Waals surface area (Å²) >= 11 is 0.524. The molecule has 0 aromatic heterocycles. The number of hydrogen-bond acceptors (Lipinski definition) is 0. The van der Waals surface area contributed by atoms with Gasteiger partial charge in [0.1, 0.15) is 0 Å². The van der Waals surface area contributed by atoms with Crippen LogP contribution in [0.4, 0.5) is 13.2 Å². The summed E-state index contributed by atoms with van der Waals surface area (Å²) in [6, 6.07) is 0. The van der Waals surface area contributed by atoms with E-state index in [0.29, 0.717) is 22.5 Å². The zero-order valence-corrected chi connectivity index (χ0v) is 6.66. The summed E-state index contributed by atoms with van der Waals surface area (Å²) in [7, 11) is 0. The van der Waals surface area contributed by atoms with Crippen LogP contribution in [-0.2, 0) is 0 Å². The van der Waals surface area contributed by atoms with Crippen LogP contribution in [0, 0.1) is 0 Å². The van der Waals surface area contributed by atoms with Gasteiger partial charge in [0, 0.05) is 0 Å². The Balaban J connectivity index is 3.56. The first-order chi connectivity index (χ1) is 3.06. The van der Waals surface area contributed by atoms with E-state index < -0.39 is 6.18 Å². The van der Waals surface area contributed by atoms with E-state index in [0.717, 1.165) is 4.09 Å². The molecule has 0 nitrogen and oxygen atoms in total. The molecule has 0 aliphatic carbocycles. The fourth-order valence-corrected chi connectivity index (χ4v) is 0.732. The van der Waals surface area contributed by atoms with Crippen molar-refractivity contribution in [2.75, 3.05) is 0 Å². The second kappa shape index (κ2) is 2.59. The predicted octanol–water partition coefficient (Wildman–Crippen LogP) is 0.963. The Labute approximate surface area is 52.5 Å². The van der Waals surface area contributed by atoms with Crippen LogP contribution in [0.25, 0.3) is 0 Å². The normalized spacial score (nSPS) is 13.1. The fraction of sp³-hybridized carbons (Fsp3) is 0.333. The molecular formula is C3H3F3Sn. The molecule has 0 bridgehead atoms. The SMILES string of the molecule is FC(F)(F)C=[CH][SnH]. The van der Waals surface area contributed by atoms with E-state index in [1.165, 1.54) is 0 Å². The number of allylic oxidation sites excluding steroid dienone is 1. The summed E-state index contributed by atoms with van der Waals surface area (Å²) in [5.41, 5.74) is 0. The molecule has 0 aromatic carbocycles. The first kappa shape index (κ1) is 7.33. The maximum absolute atomic E-state index is 11.0. The topological polar surface area (TPSA) is 0 Å². The average molecular weight is 215 g/mol. The molecule has 4 heteroatoms. The summed E-state index contributed by atoms with van der Waals surface area (Å²) in [6.07, 6.45) is -3.85. The molecule has 0 unspecified atom stereocenters. The van der Waals surface area contributed by atoms with E-state index >= 15 is 0 Å². The predicted molar refractivity (Wildman–Crippen MR) is 22.3 cm³/mol. The van der Waals surface area contributed by atoms with Crippen LogP contribution in [0.5, 0.6) is 0 Å². The molecule has 0 amide bonds. The van der Waals surface area contributed by atoms with Gasteiger partial charge in [-0.25, -0.2) is 0 Å². The van der Waals surface area contributed by atoms with Crippen molar-refractivity contribution in [2.45, 2.75) is 6.18 Å². The van der Waals surface area contributed by atoms with Crippen molar-refractivity contribution in [3.63, 3.8) is 0 Å². The molecule has 0 saturated heterocycles. The van der Waals surface area contributed by atoms with Gasteiger partial charge in [-0.05, 0) is 0 Å². The third-order valence-corrected chi connectivity index (χ3v) is 0.834. The molecule has 2 radical (unpaired) electrons. The van der Waals surface area contributed by atoms with Crippen molar-refractivity contribution < 1.29 is 13.2 Å². The average Bonchev–Trinajstić information content (AvgIpc) is 1.30. The number of halogens is 3. The van der Waals surface area contributed by atoms with E-state index in [-0.39, 0.29) is 6.08 Å². The van der Waals surface area contributed by atoms with Crippen LogP contribution in [0.1, 0.15) is 0 Å². The van der Waals surface area contributed by atoms with Gasteiger partial charge in [0.2, 0.25) is 0 Å². The summed E-state index contributed by atoms with van der Waals surface area (Å²) in [5.74, 6) is 0. The fourth-order valence-electron chi connectivity index (χ4n) is 0.109. The molecule has 0 aliphatic heterocycles. The van der Waals surface area contributed by atoms with E-state index in [1.807, 2.05) is 0 Å². The number of hydrogen-bond donors (Lipinski definition) is 0. The van der Waals surface area contributed by atoms with Gasteiger partial charge in [-0.1, -0.05) is 0 Å². The second-order valence-corrected chi connectivity index (χ2v) is 2.00. The van der Waals surface area contributed by atoms with Crippen molar-refractivity contribution in [1.29, 1.82) is 0 Å². The third kappa shape index (κ3) is 6.33. The van der Waals surface area contributed by atoms with Crippen LogP contribution >= 0.6 is 0 Å². The summed E-state index contributed by atoms with van der Waals surface area (Å²) < 4.78 is 34.1. The van der Waals surface area contributed by atoms with Crippen LogP contribution < -0.4 is 0 Å². The number of alkyl halides is 3. The summed E-state index contributed by atoms with van der Waals surface area (Å²) in [5, 5.41) is 0. The minimum absolute atomic E-state index is 0.245. The van der Waals surface area contributed by atoms with Gasteiger partial charge >= 0.3 is 52.0 Å².